The summed E-state index contributed by atoms with van der Waals surface area (Å²) in [5.74, 6) is 0.704. The average molecular weight is 666 g/mol. The highest BCUT2D eigenvalue weighted by atomic mass is 16.3. The van der Waals surface area contributed by atoms with Gasteiger partial charge in [-0.2, -0.15) is 0 Å². The molecule has 0 amide bonds. The molecule has 244 valence electrons. The Labute approximate surface area is 300 Å². The maximum absolute atomic E-state index is 6.64. The van der Waals surface area contributed by atoms with E-state index in [4.69, 9.17) is 14.4 Å². The second-order valence-corrected chi connectivity index (χ2v) is 13.0. The zero-order valence-electron chi connectivity index (χ0n) is 28.1. The van der Waals surface area contributed by atoms with Crippen molar-refractivity contribution in [3.8, 4) is 33.8 Å². The minimum atomic E-state index is 0.704. The van der Waals surface area contributed by atoms with Crippen LogP contribution >= 0.6 is 0 Å². The van der Waals surface area contributed by atoms with Gasteiger partial charge in [0, 0.05) is 44.0 Å². The summed E-state index contributed by atoms with van der Waals surface area (Å²) in [7, 11) is 0. The summed E-state index contributed by atoms with van der Waals surface area (Å²) in [6.07, 6.45) is 0. The number of hydrogen-bond donors (Lipinski definition) is 0. The number of para-hydroxylation sites is 3. The number of hydrogen-bond acceptors (Lipinski definition) is 4. The molecule has 0 bridgehead atoms. The Kier molecular flexibility index (Phi) is 7.10. The summed E-state index contributed by atoms with van der Waals surface area (Å²) in [6.45, 7) is 0. The van der Waals surface area contributed by atoms with Gasteiger partial charge in [-0.15, -0.1) is 0 Å². The second-order valence-electron chi connectivity index (χ2n) is 13.0. The average Bonchev–Trinajstić information content (AvgIpc) is 3.60. The van der Waals surface area contributed by atoms with Crippen molar-refractivity contribution in [2.24, 2.45) is 0 Å². The Hall–Kier alpha value is -7.04. The van der Waals surface area contributed by atoms with Gasteiger partial charge in [-0.1, -0.05) is 133 Å². The van der Waals surface area contributed by atoms with Crippen LogP contribution in [0.5, 0.6) is 0 Å². The first kappa shape index (κ1) is 29.8. The van der Waals surface area contributed by atoms with Crippen LogP contribution < -0.4 is 4.90 Å². The maximum Gasteiger partial charge on any atom is 0.160 e. The Morgan fingerprint density at radius 2 is 1.06 bits per heavy atom. The molecule has 2 heterocycles. The molecule has 10 aromatic rings. The predicted molar refractivity (Wildman–Crippen MR) is 215 cm³/mol. The summed E-state index contributed by atoms with van der Waals surface area (Å²) < 4.78 is 6.64. The van der Waals surface area contributed by atoms with Crippen LogP contribution in [0.15, 0.2) is 192 Å². The van der Waals surface area contributed by atoms with Gasteiger partial charge in [0.1, 0.15) is 11.2 Å². The van der Waals surface area contributed by atoms with Gasteiger partial charge in [0.15, 0.2) is 5.82 Å². The van der Waals surface area contributed by atoms with Crippen molar-refractivity contribution >= 4 is 60.7 Å². The van der Waals surface area contributed by atoms with Crippen LogP contribution in [0, 0.1) is 0 Å². The first-order chi connectivity index (χ1) is 25.8. The highest BCUT2D eigenvalue weighted by Crippen LogP contribution is 2.44. The van der Waals surface area contributed by atoms with E-state index in [0.717, 1.165) is 77.9 Å². The standard InChI is InChI=1S/C48H31N3O/c1-4-15-32(16-5-1)48-49-42-25-13-12-23-39(42)47(50-48)41-24-14-26-44-46(41)40-28-27-33(31-45(40)52-44)36-29-30-43(38-22-11-10-21-37(36)38)51(34-17-6-2-7-18-34)35-19-8-3-9-20-35/h1-31H. The van der Waals surface area contributed by atoms with Gasteiger partial charge in [0.25, 0.3) is 0 Å². The fourth-order valence-corrected chi connectivity index (χ4v) is 7.50. The second kappa shape index (κ2) is 12.4. The highest BCUT2D eigenvalue weighted by molar-refractivity contribution is 6.15. The van der Waals surface area contributed by atoms with Crippen LogP contribution in [0.25, 0.3) is 77.4 Å². The summed E-state index contributed by atoms with van der Waals surface area (Å²) in [5.41, 5.74) is 11.1. The molecule has 0 saturated heterocycles. The fourth-order valence-electron chi connectivity index (χ4n) is 7.50. The topological polar surface area (TPSA) is 42.2 Å². The van der Waals surface area contributed by atoms with Crippen LogP contribution in [0.3, 0.4) is 0 Å². The van der Waals surface area contributed by atoms with E-state index >= 15 is 0 Å². The van der Waals surface area contributed by atoms with Crippen molar-refractivity contribution in [1.29, 1.82) is 0 Å². The number of aromatic nitrogens is 2. The van der Waals surface area contributed by atoms with E-state index < -0.39 is 0 Å². The number of fused-ring (bicyclic) bond motifs is 5. The van der Waals surface area contributed by atoms with Crippen molar-refractivity contribution in [3.05, 3.63) is 188 Å². The van der Waals surface area contributed by atoms with Gasteiger partial charge in [-0.3, -0.25) is 0 Å². The van der Waals surface area contributed by atoms with E-state index in [1.807, 2.05) is 36.4 Å². The van der Waals surface area contributed by atoms with Gasteiger partial charge in [0.05, 0.1) is 16.9 Å². The molecule has 0 fully saturated rings. The zero-order valence-corrected chi connectivity index (χ0v) is 28.1. The molecule has 4 heteroatoms. The Balaban J connectivity index is 1.13. The minimum Gasteiger partial charge on any atom is -0.456 e. The van der Waals surface area contributed by atoms with Gasteiger partial charge >= 0.3 is 0 Å². The lowest BCUT2D eigenvalue weighted by Crippen LogP contribution is -2.10. The smallest absolute Gasteiger partial charge is 0.160 e. The maximum atomic E-state index is 6.64. The molecule has 8 aromatic carbocycles. The Bertz CT molecular complexity index is 2860. The largest absolute Gasteiger partial charge is 0.456 e. The first-order valence-electron chi connectivity index (χ1n) is 17.5. The van der Waals surface area contributed by atoms with Crippen LogP contribution in [-0.4, -0.2) is 9.97 Å². The van der Waals surface area contributed by atoms with Crippen molar-refractivity contribution in [2.75, 3.05) is 4.90 Å². The molecule has 2 aromatic heterocycles. The van der Waals surface area contributed by atoms with E-state index in [1.165, 1.54) is 10.8 Å². The molecular weight excluding hydrogens is 635 g/mol. The van der Waals surface area contributed by atoms with Gasteiger partial charge in [0.2, 0.25) is 0 Å². The van der Waals surface area contributed by atoms with Gasteiger partial charge in [-0.05, 0) is 71.1 Å². The molecule has 0 aliphatic heterocycles. The summed E-state index contributed by atoms with van der Waals surface area (Å²) in [5, 5.41) is 5.46. The normalized spacial score (nSPS) is 11.5. The third-order valence-electron chi connectivity index (χ3n) is 9.87. The molecule has 0 N–H and O–H groups in total. The van der Waals surface area contributed by atoms with Crippen molar-refractivity contribution < 1.29 is 4.42 Å². The summed E-state index contributed by atoms with van der Waals surface area (Å²) in [4.78, 5) is 12.5. The van der Waals surface area contributed by atoms with E-state index in [-0.39, 0.29) is 0 Å². The quantitative estimate of drug-likeness (QED) is 0.177. The highest BCUT2D eigenvalue weighted by Gasteiger charge is 2.20. The molecule has 0 atom stereocenters. The molecule has 10 rings (SSSR count). The Morgan fingerprint density at radius 3 is 1.81 bits per heavy atom. The van der Waals surface area contributed by atoms with E-state index in [0.29, 0.717) is 5.82 Å². The van der Waals surface area contributed by atoms with Gasteiger partial charge < -0.3 is 9.32 Å². The lowest BCUT2D eigenvalue weighted by Gasteiger charge is -2.27. The molecule has 52 heavy (non-hydrogen) atoms. The molecule has 0 spiro atoms. The molecule has 4 nitrogen and oxygen atoms in total. The first-order valence-corrected chi connectivity index (χ1v) is 17.5. The molecular formula is C48H31N3O. The third kappa shape index (κ3) is 5.00. The van der Waals surface area contributed by atoms with E-state index in [2.05, 4.69) is 157 Å². The van der Waals surface area contributed by atoms with Crippen LogP contribution in [-0.2, 0) is 0 Å². The van der Waals surface area contributed by atoms with E-state index in [1.54, 1.807) is 0 Å². The lowest BCUT2D eigenvalue weighted by molar-refractivity contribution is 0.669. The predicted octanol–water partition coefficient (Wildman–Crippen LogP) is 13.2. The number of rotatable bonds is 6. The zero-order chi connectivity index (χ0) is 34.4. The van der Waals surface area contributed by atoms with Crippen molar-refractivity contribution in [2.45, 2.75) is 0 Å². The van der Waals surface area contributed by atoms with Crippen LogP contribution in [0.2, 0.25) is 0 Å². The Morgan fingerprint density at radius 1 is 0.404 bits per heavy atom. The fraction of sp³-hybridized carbons (Fsp3) is 0. The van der Waals surface area contributed by atoms with Gasteiger partial charge in [-0.25, -0.2) is 9.97 Å². The number of anilines is 3. The number of nitrogens with zero attached hydrogens (tertiary/aromatic N) is 3. The van der Waals surface area contributed by atoms with Crippen LogP contribution in [0.1, 0.15) is 0 Å². The monoisotopic (exact) mass is 665 g/mol. The molecule has 0 unspecified atom stereocenters. The lowest BCUT2D eigenvalue weighted by atomic mass is 9.95. The summed E-state index contributed by atoms with van der Waals surface area (Å²) in [6, 6.07) is 65.5. The molecule has 0 aliphatic carbocycles. The van der Waals surface area contributed by atoms with Crippen LogP contribution in [0.4, 0.5) is 17.1 Å². The van der Waals surface area contributed by atoms with Crippen molar-refractivity contribution in [1.82, 2.24) is 9.97 Å². The molecule has 0 radical (unpaired) electrons. The van der Waals surface area contributed by atoms with Crippen molar-refractivity contribution in [3.63, 3.8) is 0 Å². The number of benzene rings is 8. The molecule has 0 saturated carbocycles. The summed E-state index contributed by atoms with van der Waals surface area (Å²) >= 11 is 0. The minimum absolute atomic E-state index is 0.704. The SMILES string of the molecule is c1ccc(-c2nc(-c3cccc4oc5cc(-c6ccc(N(c7ccccc7)c7ccccc7)c7ccccc67)ccc5c34)c3ccccc3n2)cc1. The number of furan rings is 1. The third-order valence-corrected chi connectivity index (χ3v) is 9.87. The molecule has 0 aliphatic rings. The van der Waals surface area contributed by atoms with E-state index in [9.17, 15) is 0 Å².